The molecule has 0 aliphatic carbocycles. The number of para-hydroxylation sites is 1. The fraction of sp³-hybridized carbons (Fsp3) is 0. The van der Waals surface area contributed by atoms with E-state index in [4.69, 9.17) is 4.42 Å². The van der Waals surface area contributed by atoms with Crippen molar-refractivity contribution in [2.75, 3.05) is 0 Å². The third-order valence-corrected chi connectivity index (χ3v) is 7.66. The molecule has 1 nitrogen and oxygen atoms in total. The van der Waals surface area contributed by atoms with Gasteiger partial charge in [0.1, 0.15) is 11.2 Å². The molecule has 0 saturated carbocycles. The van der Waals surface area contributed by atoms with Crippen LogP contribution in [0.15, 0.2) is 138 Å². The lowest BCUT2D eigenvalue weighted by Crippen LogP contribution is -1.90. The van der Waals surface area contributed by atoms with Crippen molar-refractivity contribution in [3.05, 3.63) is 133 Å². The molecule has 0 saturated heterocycles. The zero-order chi connectivity index (χ0) is 24.3. The minimum atomic E-state index is 0.913. The van der Waals surface area contributed by atoms with Crippen molar-refractivity contribution in [3.63, 3.8) is 0 Å². The second-order valence-corrected chi connectivity index (χ2v) is 9.65. The molecule has 0 N–H and O–H groups in total. The summed E-state index contributed by atoms with van der Waals surface area (Å²) in [6.45, 7) is 0. The lowest BCUT2D eigenvalue weighted by molar-refractivity contribution is 0.670. The van der Waals surface area contributed by atoms with E-state index in [1.54, 1.807) is 0 Å². The quantitative estimate of drug-likeness (QED) is 0.245. The average molecular weight is 471 g/mol. The van der Waals surface area contributed by atoms with Crippen LogP contribution in [0.1, 0.15) is 0 Å². The Kier molecular flexibility index (Phi) is 4.29. The number of hydrogen-bond acceptors (Lipinski definition) is 1. The van der Waals surface area contributed by atoms with Crippen molar-refractivity contribution in [1.82, 2.24) is 0 Å². The van der Waals surface area contributed by atoms with Crippen molar-refractivity contribution in [2.45, 2.75) is 0 Å². The predicted molar refractivity (Wildman–Crippen MR) is 157 cm³/mol. The van der Waals surface area contributed by atoms with Gasteiger partial charge in [-0.1, -0.05) is 127 Å². The Balaban J connectivity index is 1.65. The molecule has 8 rings (SSSR count). The van der Waals surface area contributed by atoms with Crippen LogP contribution in [0, 0.1) is 0 Å². The molecule has 172 valence electrons. The summed E-state index contributed by atoms with van der Waals surface area (Å²) in [6, 6.07) is 47.7. The lowest BCUT2D eigenvalue weighted by atomic mass is 9.85. The molecule has 1 aromatic heterocycles. The molecule has 8 aromatic rings. The molecule has 0 spiro atoms. The summed E-state index contributed by atoms with van der Waals surface area (Å²) in [4.78, 5) is 0. The van der Waals surface area contributed by atoms with Crippen LogP contribution in [0.2, 0.25) is 0 Å². The van der Waals surface area contributed by atoms with Gasteiger partial charge in [0.25, 0.3) is 0 Å². The van der Waals surface area contributed by atoms with Crippen LogP contribution in [0.4, 0.5) is 0 Å². The predicted octanol–water partition coefficient (Wildman–Crippen LogP) is 10.4. The summed E-state index contributed by atoms with van der Waals surface area (Å²) in [7, 11) is 0. The molecule has 0 bridgehead atoms. The van der Waals surface area contributed by atoms with E-state index >= 15 is 0 Å². The highest BCUT2D eigenvalue weighted by molar-refractivity contribution is 6.29. The van der Waals surface area contributed by atoms with E-state index in [-0.39, 0.29) is 0 Å². The first-order valence-corrected chi connectivity index (χ1v) is 12.7. The molecule has 7 aromatic carbocycles. The molecule has 37 heavy (non-hydrogen) atoms. The van der Waals surface area contributed by atoms with Gasteiger partial charge in [-0.2, -0.15) is 0 Å². The van der Waals surface area contributed by atoms with Crippen LogP contribution in [0.3, 0.4) is 0 Å². The zero-order valence-corrected chi connectivity index (χ0v) is 20.1. The van der Waals surface area contributed by atoms with Crippen LogP contribution in [-0.4, -0.2) is 0 Å². The van der Waals surface area contributed by atoms with Crippen molar-refractivity contribution < 1.29 is 4.42 Å². The smallest absolute Gasteiger partial charge is 0.144 e. The molecule has 0 amide bonds. The molecular formula is C36H22O. The summed E-state index contributed by atoms with van der Waals surface area (Å²) in [5.41, 5.74) is 6.67. The maximum Gasteiger partial charge on any atom is 0.144 e. The second kappa shape index (κ2) is 7.81. The molecule has 0 radical (unpaired) electrons. The number of benzene rings is 7. The van der Waals surface area contributed by atoms with Gasteiger partial charge in [-0.05, 0) is 49.5 Å². The highest BCUT2D eigenvalue weighted by atomic mass is 16.3. The maximum absolute atomic E-state index is 6.77. The van der Waals surface area contributed by atoms with E-state index in [9.17, 15) is 0 Å². The summed E-state index contributed by atoms with van der Waals surface area (Å²) in [5, 5.41) is 9.71. The second-order valence-electron chi connectivity index (χ2n) is 9.65. The van der Waals surface area contributed by atoms with Crippen LogP contribution >= 0.6 is 0 Å². The van der Waals surface area contributed by atoms with E-state index in [2.05, 4.69) is 133 Å². The van der Waals surface area contributed by atoms with Crippen molar-refractivity contribution >= 4 is 54.3 Å². The van der Waals surface area contributed by atoms with Gasteiger partial charge in [-0.15, -0.1) is 0 Å². The van der Waals surface area contributed by atoms with Gasteiger partial charge >= 0.3 is 0 Å². The highest BCUT2D eigenvalue weighted by Crippen LogP contribution is 2.49. The Labute approximate surface area is 214 Å². The third-order valence-electron chi connectivity index (χ3n) is 7.66. The molecule has 1 heterocycles. The summed E-state index contributed by atoms with van der Waals surface area (Å²) in [5.74, 6) is 0. The van der Waals surface area contributed by atoms with Gasteiger partial charge in [0.05, 0.1) is 0 Å². The summed E-state index contributed by atoms with van der Waals surface area (Å²) in [6.07, 6.45) is 0. The maximum atomic E-state index is 6.77. The number of rotatable bonds is 2. The molecular weight excluding hydrogens is 448 g/mol. The minimum Gasteiger partial charge on any atom is -0.455 e. The standard InChI is InChI=1S/C36H22O/c1-3-15-25-23(11-1)13-9-20-27(25)33-29-17-5-6-18-30(29)34(28-21-10-14-24-12-2-4-16-26(24)28)36-35(33)31-19-7-8-22-32(31)37-36/h1-22H. The largest absolute Gasteiger partial charge is 0.455 e. The summed E-state index contributed by atoms with van der Waals surface area (Å²) < 4.78 is 6.77. The molecule has 0 atom stereocenters. The Hall–Kier alpha value is -4.88. The van der Waals surface area contributed by atoms with Gasteiger partial charge in [-0.25, -0.2) is 0 Å². The van der Waals surface area contributed by atoms with E-state index in [0.29, 0.717) is 0 Å². The minimum absolute atomic E-state index is 0.913. The molecule has 1 heteroatoms. The van der Waals surface area contributed by atoms with E-state index in [1.807, 2.05) is 0 Å². The first-order valence-electron chi connectivity index (χ1n) is 12.7. The Morgan fingerprint density at radius 1 is 0.351 bits per heavy atom. The molecule has 0 aliphatic rings. The highest BCUT2D eigenvalue weighted by Gasteiger charge is 2.23. The number of hydrogen-bond donors (Lipinski definition) is 0. The van der Waals surface area contributed by atoms with Gasteiger partial charge < -0.3 is 4.42 Å². The van der Waals surface area contributed by atoms with Crippen LogP contribution < -0.4 is 0 Å². The van der Waals surface area contributed by atoms with Gasteiger partial charge in [0.2, 0.25) is 0 Å². The van der Waals surface area contributed by atoms with E-state index in [1.165, 1.54) is 54.4 Å². The monoisotopic (exact) mass is 470 g/mol. The number of furan rings is 1. The van der Waals surface area contributed by atoms with Crippen molar-refractivity contribution in [1.29, 1.82) is 0 Å². The Bertz CT molecular complexity index is 2130. The molecule has 0 unspecified atom stereocenters. The first kappa shape index (κ1) is 20.3. The Morgan fingerprint density at radius 3 is 1.46 bits per heavy atom. The molecule has 0 aliphatic heterocycles. The molecule has 0 fully saturated rings. The fourth-order valence-electron chi connectivity index (χ4n) is 6.08. The van der Waals surface area contributed by atoms with Crippen LogP contribution in [0.5, 0.6) is 0 Å². The summed E-state index contributed by atoms with van der Waals surface area (Å²) >= 11 is 0. The van der Waals surface area contributed by atoms with E-state index < -0.39 is 0 Å². The number of fused-ring (bicyclic) bond motifs is 6. The SMILES string of the molecule is c1ccc2c(-c3c4ccccc4c(-c4cccc5ccccc45)c4c3oc3ccccc34)cccc2c1. The average Bonchev–Trinajstić information content (AvgIpc) is 3.34. The van der Waals surface area contributed by atoms with Gasteiger partial charge in [0.15, 0.2) is 0 Å². The fourth-order valence-corrected chi connectivity index (χ4v) is 6.08. The topological polar surface area (TPSA) is 13.1 Å². The lowest BCUT2D eigenvalue weighted by Gasteiger charge is -2.17. The first-order chi connectivity index (χ1) is 18.4. The third kappa shape index (κ3) is 2.92. The van der Waals surface area contributed by atoms with Crippen LogP contribution in [-0.2, 0) is 0 Å². The van der Waals surface area contributed by atoms with Crippen molar-refractivity contribution in [2.24, 2.45) is 0 Å². The van der Waals surface area contributed by atoms with Crippen LogP contribution in [0.25, 0.3) is 76.5 Å². The van der Waals surface area contributed by atoms with Gasteiger partial charge in [0, 0.05) is 21.9 Å². The Morgan fingerprint density at radius 2 is 0.811 bits per heavy atom. The van der Waals surface area contributed by atoms with E-state index in [0.717, 1.165) is 22.1 Å². The van der Waals surface area contributed by atoms with Crippen molar-refractivity contribution in [3.8, 4) is 22.3 Å². The van der Waals surface area contributed by atoms with Gasteiger partial charge in [-0.3, -0.25) is 0 Å². The zero-order valence-electron chi connectivity index (χ0n) is 20.1. The normalized spacial score (nSPS) is 11.8.